The van der Waals surface area contributed by atoms with Crippen LogP contribution in [0.4, 0.5) is 0 Å². The number of nitrogens with two attached hydrogens (primary N) is 1. The number of nitrogens with one attached hydrogen (secondary N) is 1. The maximum absolute atomic E-state index is 5.56. The SMILES string of the molecule is Cn1ccc(CC(NN)c2cncn2C)n1. The zero-order valence-corrected chi connectivity index (χ0v) is 9.46. The maximum atomic E-state index is 5.56. The van der Waals surface area contributed by atoms with Gasteiger partial charge in [0, 0.05) is 32.9 Å². The smallest absolute Gasteiger partial charge is 0.0946 e. The van der Waals surface area contributed by atoms with Crippen molar-refractivity contribution < 1.29 is 0 Å². The summed E-state index contributed by atoms with van der Waals surface area (Å²) in [5.74, 6) is 5.56. The van der Waals surface area contributed by atoms with Gasteiger partial charge in [-0.1, -0.05) is 0 Å². The Morgan fingerprint density at radius 1 is 1.50 bits per heavy atom. The van der Waals surface area contributed by atoms with Crippen LogP contribution in [0.5, 0.6) is 0 Å². The minimum Gasteiger partial charge on any atom is -0.336 e. The first-order valence-corrected chi connectivity index (χ1v) is 5.11. The molecule has 0 fully saturated rings. The first-order valence-electron chi connectivity index (χ1n) is 5.11. The molecule has 0 spiro atoms. The molecule has 1 atom stereocenters. The molecule has 0 amide bonds. The summed E-state index contributed by atoms with van der Waals surface area (Å²) in [4.78, 5) is 4.08. The van der Waals surface area contributed by atoms with Crippen LogP contribution in [0.3, 0.4) is 0 Å². The highest BCUT2D eigenvalue weighted by molar-refractivity contribution is 5.10. The lowest BCUT2D eigenvalue weighted by atomic mass is 10.1. The van der Waals surface area contributed by atoms with E-state index in [0.29, 0.717) is 0 Å². The van der Waals surface area contributed by atoms with E-state index in [2.05, 4.69) is 15.5 Å². The van der Waals surface area contributed by atoms with Gasteiger partial charge in [-0.05, 0) is 6.07 Å². The molecule has 1 unspecified atom stereocenters. The number of imidazole rings is 1. The van der Waals surface area contributed by atoms with Gasteiger partial charge in [0.25, 0.3) is 0 Å². The second kappa shape index (κ2) is 4.46. The van der Waals surface area contributed by atoms with Gasteiger partial charge in [0.15, 0.2) is 0 Å². The Kier molecular flexibility index (Phi) is 3.02. The molecule has 6 nitrogen and oxygen atoms in total. The van der Waals surface area contributed by atoms with E-state index in [0.717, 1.165) is 17.8 Å². The molecule has 0 radical (unpaired) electrons. The summed E-state index contributed by atoms with van der Waals surface area (Å²) in [7, 11) is 3.85. The third-order valence-electron chi connectivity index (χ3n) is 2.59. The van der Waals surface area contributed by atoms with Gasteiger partial charge in [-0.3, -0.25) is 16.0 Å². The van der Waals surface area contributed by atoms with Crippen molar-refractivity contribution in [1.82, 2.24) is 24.8 Å². The Bertz CT molecular complexity index is 457. The summed E-state index contributed by atoms with van der Waals surface area (Å²) >= 11 is 0. The molecular weight excluding hydrogens is 204 g/mol. The Morgan fingerprint density at radius 2 is 2.31 bits per heavy atom. The van der Waals surface area contributed by atoms with Gasteiger partial charge < -0.3 is 4.57 Å². The Labute approximate surface area is 94.1 Å². The number of nitrogens with zero attached hydrogens (tertiary/aromatic N) is 4. The molecule has 2 aromatic rings. The van der Waals surface area contributed by atoms with Gasteiger partial charge in [-0.25, -0.2) is 4.98 Å². The quantitative estimate of drug-likeness (QED) is 0.557. The van der Waals surface area contributed by atoms with E-state index in [1.807, 2.05) is 37.1 Å². The second-order valence-corrected chi connectivity index (χ2v) is 3.83. The fraction of sp³-hybridized carbons (Fsp3) is 0.400. The van der Waals surface area contributed by atoms with Crippen LogP contribution in [0.25, 0.3) is 0 Å². The van der Waals surface area contributed by atoms with Gasteiger partial charge >= 0.3 is 0 Å². The molecule has 86 valence electrons. The van der Waals surface area contributed by atoms with E-state index in [-0.39, 0.29) is 6.04 Å². The van der Waals surface area contributed by atoms with Crippen molar-refractivity contribution in [2.24, 2.45) is 19.9 Å². The lowest BCUT2D eigenvalue weighted by Crippen LogP contribution is -2.31. The monoisotopic (exact) mass is 220 g/mol. The van der Waals surface area contributed by atoms with Crippen molar-refractivity contribution in [3.05, 3.63) is 36.2 Å². The molecule has 0 saturated carbocycles. The first-order chi connectivity index (χ1) is 7.70. The summed E-state index contributed by atoms with van der Waals surface area (Å²) in [6.45, 7) is 0. The van der Waals surface area contributed by atoms with Crippen LogP contribution in [-0.4, -0.2) is 19.3 Å². The lowest BCUT2D eigenvalue weighted by molar-refractivity contribution is 0.513. The van der Waals surface area contributed by atoms with Gasteiger partial charge in [0.1, 0.15) is 0 Å². The van der Waals surface area contributed by atoms with E-state index in [1.165, 1.54) is 0 Å². The average molecular weight is 220 g/mol. The number of aromatic nitrogens is 4. The normalized spacial score (nSPS) is 12.9. The van der Waals surface area contributed by atoms with Crippen LogP contribution in [0.2, 0.25) is 0 Å². The largest absolute Gasteiger partial charge is 0.336 e. The highest BCUT2D eigenvalue weighted by Gasteiger charge is 2.14. The standard InChI is InChI=1S/C10H16N6/c1-15-7-12-6-10(15)9(13-11)5-8-3-4-16(2)14-8/h3-4,6-7,9,13H,5,11H2,1-2H3. The minimum atomic E-state index is 0.0300. The van der Waals surface area contributed by atoms with Gasteiger partial charge in [0.2, 0.25) is 0 Å². The second-order valence-electron chi connectivity index (χ2n) is 3.83. The average Bonchev–Trinajstić information content (AvgIpc) is 2.84. The summed E-state index contributed by atoms with van der Waals surface area (Å²) in [6.07, 6.45) is 6.24. The number of aryl methyl sites for hydroxylation is 2. The Morgan fingerprint density at radius 3 is 2.81 bits per heavy atom. The molecule has 0 aliphatic carbocycles. The summed E-state index contributed by atoms with van der Waals surface area (Å²) < 4.78 is 3.74. The fourth-order valence-corrected chi connectivity index (χ4v) is 1.73. The number of hydrogen-bond acceptors (Lipinski definition) is 4. The predicted molar refractivity (Wildman–Crippen MR) is 60.2 cm³/mol. The van der Waals surface area contributed by atoms with Gasteiger partial charge in [0.05, 0.1) is 23.8 Å². The summed E-state index contributed by atoms with van der Waals surface area (Å²) in [5, 5.41) is 4.33. The van der Waals surface area contributed by atoms with Crippen LogP contribution in [0.1, 0.15) is 17.4 Å². The van der Waals surface area contributed by atoms with Crippen LogP contribution < -0.4 is 11.3 Å². The third-order valence-corrected chi connectivity index (χ3v) is 2.59. The van der Waals surface area contributed by atoms with Crippen molar-refractivity contribution in [3.8, 4) is 0 Å². The van der Waals surface area contributed by atoms with Crippen molar-refractivity contribution in [2.75, 3.05) is 0 Å². The van der Waals surface area contributed by atoms with Crippen LogP contribution >= 0.6 is 0 Å². The molecule has 2 rings (SSSR count). The molecule has 0 saturated heterocycles. The maximum Gasteiger partial charge on any atom is 0.0946 e. The van der Waals surface area contributed by atoms with Crippen LogP contribution in [0, 0.1) is 0 Å². The van der Waals surface area contributed by atoms with Crippen molar-refractivity contribution in [1.29, 1.82) is 0 Å². The zero-order chi connectivity index (χ0) is 11.5. The van der Waals surface area contributed by atoms with Gasteiger partial charge in [-0.15, -0.1) is 0 Å². The molecule has 2 heterocycles. The summed E-state index contributed by atoms with van der Waals surface area (Å²) in [6, 6.07) is 2.02. The molecule has 3 N–H and O–H groups in total. The highest BCUT2D eigenvalue weighted by atomic mass is 15.3. The number of hydrazine groups is 1. The van der Waals surface area contributed by atoms with Crippen LogP contribution in [-0.2, 0) is 20.5 Å². The highest BCUT2D eigenvalue weighted by Crippen LogP contribution is 2.15. The third kappa shape index (κ3) is 2.12. The van der Waals surface area contributed by atoms with Crippen molar-refractivity contribution >= 4 is 0 Å². The van der Waals surface area contributed by atoms with Crippen molar-refractivity contribution in [2.45, 2.75) is 12.5 Å². The zero-order valence-electron chi connectivity index (χ0n) is 9.46. The predicted octanol–water partition coefficient (Wildman–Crippen LogP) is -0.0993. The lowest BCUT2D eigenvalue weighted by Gasteiger charge is -2.14. The molecule has 0 aromatic carbocycles. The Hall–Kier alpha value is -1.66. The summed E-state index contributed by atoms with van der Waals surface area (Å²) in [5.41, 5.74) is 4.85. The molecule has 6 heteroatoms. The first kappa shape index (κ1) is 10.8. The number of hydrogen-bond donors (Lipinski definition) is 2. The molecular formula is C10H16N6. The van der Waals surface area contributed by atoms with Gasteiger partial charge in [-0.2, -0.15) is 5.10 Å². The Balaban J connectivity index is 2.15. The molecule has 0 aliphatic heterocycles. The van der Waals surface area contributed by atoms with E-state index < -0.39 is 0 Å². The van der Waals surface area contributed by atoms with E-state index in [4.69, 9.17) is 5.84 Å². The molecule has 2 aromatic heterocycles. The van der Waals surface area contributed by atoms with Crippen molar-refractivity contribution in [3.63, 3.8) is 0 Å². The topological polar surface area (TPSA) is 73.7 Å². The fourth-order valence-electron chi connectivity index (χ4n) is 1.73. The molecule has 0 bridgehead atoms. The van der Waals surface area contributed by atoms with E-state index in [9.17, 15) is 0 Å². The van der Waals surface area contributed by atoms with E-state index >= 15 is 0 Å². The molecule has 16 heavy (non-hydrogen) atoms. The van der Waals surface area contributed by atoms with E-state index in [1.54, 1.807) is 11.0 Å². The number of rotatable bonds is 4. The molecule has 0 aliphatic rings. The van der Waals surface area contributed by atoms with Crippen LogP contribution in [0.15, 0.2) is 24.8 Å². The minimum absolute atomic E-state index is 0.0300.